The van der Waals surface area contributed by atoms with E-state index in [9.17, 15) is 9.18 Å². The van der Waals surface area contributed by atoms with Crippen molar-refractivity contribution in [3.63, 3.8) is 0 Å². The largest absolute Gasteiger partial charge is 0.494 e. The second-order valence-electron chi connectivity index (χ2n) is 7.36. The molecular weight excluding hydrogens is 343 g/mol. The predicted molar refractivity (Wildman–Crippen MR) is 106 cm³/mol. The maximum atomic E-state index is 13.9. The van der Waals surface area contributed by atoms with Gasteiger partial charge in [-0.2, -0.15) is 0 Å². The van der Waals surface area contributed by atoms with Crippen molar-refractivity contribution in [3.8, 4) is 5.75 Å². The van der Waals surface area contributed by atoms with E-state index in [0.29, 0.717) is 24.6 Å². The van der Waals surface area contributed by atoms with Crippen LogP contribution in [-0.4, -0.2) is 37.0 Å². The van der Waals surface area contributed by atoms with Crippen molar-refractivity contribution in [3.05, 3.63) is 59.4 Å². The molecule has 0 spiro atoms. The summed E-state index contributed by atoms with van der Waals surface area (Å²) in [6, 6.07) is 13.0. The van der Waals surface area contributed by atoms with E-state index in [2.05, 4.69) is 43.4 Å². The van der Waals surface area contributed by atoms with E-state index in [1.54, 1.807) is 11.0 Å². The monoisotopic (exact) mass is 370 g/mol. The highest BCUT2D eigenvalue weighted by molar-refractivity contribution is 5.94. The zero-order valence-electron chi connectivity index (χ0n) is 16.2. The molecule has 3 rings (SSSR count). The van der Waals surface area contributed by atoms with Gasteiger partial charge in [0.1, 0.15) is 0 Å². The molecule has 2 aromatic carbocycles. The second kappa shape index (κ2) is 8.42. The number of benzene rings is 2. The quantitative estimate of drug-likeness (QED) is 0.831. The molecule has 1 fully saturated rings. The lowest BCUT2D eigenvalue weighted by Gasteiger charge is -2.34. The summed E-state index contributed by atoms with van der Waals surface area (Å²) in [5, 5.41) is 3.52. The Hall–Kier alpha value is -2.56. The van der Waals surface area contributed by atoms with E-state index in [0.717, 1.165) is 18.5 Å². The number of hydrogen-bond donors (Lipinski definition) is 1. The fourth-order valence-electron chi connectivity index (χ4n) is 3.46. The molecule has 1 heterocycles. The number of anilines is 1. The molecule has 1 unspecified atom stereocenters. The molecule has 0 radical (unpaired) electrons. The molecule has 27 heavy (non-hydrogen) atoms. The number of halogens is 1. The van der Waals surface area contributed by atoms with Gasteiger partial charge in [0.25, 0.3) is 5.91 Å². The maximum Gasteiger partial charge on any atom is 0.254 e. The summed E-state index contributed by atoms with van der Waals surface area (Å²) in [6.07, 6.45) is 1.93. The highest BCUT2D eigenvalue weighted by Gasteiger charge is 2.25. The van der Waals surface area contributed by atoms with Crippen molar-refractivity contribution in [2.75, 3.05) is 25.5 Å². The first kappa shape index (κ1) is 19.2. The summed E-state index contributed by atoms with van der Waals surface area (Å²) in [5.41, 5.74) is 2.73. The molecule has 0 aliphatic carbocycles. The first-order chi connectivity index (χ1) is 13.0. The fraction of sp³-hybridized carbons (Fsp3) is 0.409. The third-order valence-electron chi connectivity index (χ3n) is 5.06. The highest BCUT2D eigenvalue weighted by atomic mass is 19.1. The second-order valence-corrected chi connectivity index (χ2v) is 7.36. The van der Waals surface area contributed by atoms with Crippen molar-refractivity contribution in [1.29, 1.82) is 0 Å². The Bertz CT molecular complexity index is 789. The lowest BCUT2D eigenvalue weighted by molar-refractivity contribution is 0.0714. The van der Waals surface area contributed by atoms with E-state index >= 15 is 0 Å². The van der Waals surface area contributed by atoms with Crippen molar-refractivity contribution in [2.45, 2.75) is 38.6 Å². The minimum Gasteiger partial charge on any atom is -0.494 e. The van der Waals surface area contributed by atoms with Gasteiger partial charge in [0, 0.05) is 30.4 Å². The van der Waals surface area contributed by atoms with Crippen molar-refractivity contribution < 1.29 is 13.9 Å². The van der Waals surface area contributed by atoms with E-state index in [1.807, 2.05) is 0 Å². The van der Waals surface area contributed by atoms with E-state index in [-0.39, 0.29) is 17.7 Å². The Morgan fingerprint density at radius 1 is 1.22 bits per heavy atom. The Kier molecular flexibility index (Phi) is 5.99. The van der Waals surface area contributed by atoms with Gasteiger partial charge in [-0.15, -0.1) is 0 Å². The van der Waals surface area contributed by atoms with E-state index in [4.69, 9.17) is 4.74 Å². The maximum absolute atomic E-state index is 13.9. The van der Waals surface area contributed by atoms with E-state index in [1.165, 1.54) is 24.8 Å². The van der Waals surface area contributed by atoms with Crippen LogP contribution >= 0.6 is 0 Å². The topological polar surface area (TPSA) is 41.6 Å². The van der Waals surface area contributed by atoms with Gasteiger partial charge in [-0.05, 0) is 54.7 Å². The summed E-state index contributed by atoms with van der Waals surface area (Å²) in [6.45, 7) is 5.65. The molecule has 5 heteroatoms. The normalized spacial score (nSPS) is 17.1. The molecule has 1 saturated heterocycles. The van der Waals surface area contributed by atoms with Crippen LogP contribution < -0.4 is 10.1 Å². The van der Waals surface area contributed by atoms with Crippen LogP contribution in [0.15, 0.2) is 42.5 Å². The average Bonchev–Trinajstić information content (AvgIpc) is 2.68. The predicted octanol–water partition coefficient (Wildman–Crippen LogP) is 4.67. The van der Waals surface area contributed by atoms with Gasteiger partial charge in [0.05, 0.1) is 7.11 Å². The smallest absolute Gasteiger partial charge is 0.254 e. The Morgan fingerprint density at radius 3 is 2.59 bits per heavy atom. The molecule has 0 saturated carbocycles. The number of hydrogen-bond acceptors (Lipinski definition) is 3. The first-order valence-corrected chi connectivity index (χ1v) is 9.47. The lowest BCUT2D eigenvalue weighted by Crippen LogP contribution is -2.45. The number of ether oxygens (including phenoxy) is 1. The van der Waals surface area contributed by atoms with Gasteiger partial charge >= 0.3 is 0 Å². The molecule has 144 valence electrons. The Balaban J connectivity index is 1.64. The SMILES string of the molecule is COc1ccc(C(=O)N2CCCC(Nc3ccc(C(C)C)cc3)C2)cc1F. The van der Waals surface area contributed by atoms with Crippen molar-refractivity contribution in [1.82, 2.24) is 4.90 Å². The molecule has 0 bridgehead atoms. The van der Waals surface area contributed by atoms with E-state index < -0.39 is 5.82 Å². The van der Waals surface area contributed by atoms with Crippen LogP contribution in [0.4, 0.5) is 10.1 Å². The zero-order valence-corrected chi connectivity index (χ0v) is 16.2. The van der Waals surface area contributed by atoms with Crippen molar-refractivity contribution >= 4 is 11.6 Å². The number of methoxy groups -OCH3 is 1. The van der Waals surface area contributed by atoms with Crippen LogP contribution in [-0.2, 0) is 0 Å². The van der Waals surface area contributed by atoms with Crippen LogP contribution in [0.1, 0.15) is 48.5 Å². The van der Waals surface area contributed by atoms with Crippen molar-refractivity contribution in [2.24, 2.45) is 0 Å². The summed E-state index contributed by atoms with van der Waals surface area (Å²) in [7, 11) is 1.41. The third-order valence-corrected chi connectivity index (χ3v) is 5.06. The number of nitrogens with one attached hydrogen (secondary N) is 1. The Morgan fingerprint density at radius 2 is 1.96 bits per heavy atom. The number of rotatable bonds is 5. The van der Waals surface area contributed by atoms with Crippen LogP contribution in [0.3, 0.4) is 0 Å². The van der Waals surface area contributed by atoms with Gasteiger partial charge in [0.15, 0.2) is 11.6 Å². The van der Waals surface area contributed by atoms with Crippen LogP contribution in [0.2, 0.25) is 0 Å². The first-order valence-electron chi connectivity index (χ1n) is 9.47. The number of nitrogens with zero attached hydrogens (tertiary/aromatic N) is 1. The molecule has 4 nitrogen and oxygen atoms in total. The lowest BCUT2D eigenvalue weighted by atomic mass is 10.0. The fourth-order valence-corrected chi connectivity index (χ4v) is 3.46. The molecule has 1 atom stereocenters. The molecule has 1 amide bonds. The Labute approximate surface area is 160 Å². The van der Waals surface area contributed by atoms with Gasteiger partial charge in [-0.1, -0.05) is 26.0 Å². The van der Waals surface area contributed by atoms with Crippen LogP contribution in [0.25, 0.3) is 0 Å². The van der Waals surface area contributed by atoms with Crippen LogP contribution in [0.5, 0.6) is 5.75 Å². The van der Waals surface area contributed by atoms with Crippen LogP contribution in [0, 0.1) is 5.82 Å². The molecule has 1 aliphatic rings. The van der Waals surface area contributed by atoms with Gasteiger partial charge < -0.3 is 15.0 Å². The minimum atomic E-state index is -0.514. The molecule has 0 aromatic heterocycles. The summed E-state index contributed by atoms with van der Waals surface area (Å²) >= 11 is 0. The summed E-state index contributed by atoms with van der Waals surface area (Å²) < 4.78 is 18.8. The number of likely N-dealkylation sites (tertiary alicyclic amines) is 1. The number of amides is 1. The number of carbonyl (C=O) groups is 1. The van der Waals surface area contributed by atoms with Gasteiger partial charge in [-0.3, -0.25) is 4.79 Å². The molecule has 1 N–H and O–H groups in total. The molecule has 1 aliphatic heterocycles. The third kappa shape index (κ3) is 4.59. The average molecular weight is 370 g/mol. The number of piperidine rings is 1. The standard InChI is InChI=1S/C22H27FN2O2/c1-15(2)16-6-9-18(10-7-16)24-19-5-4-12-25(14-19)22(26)17-8-11-21(27-3)20(23)13-17/h6-11,13,15,19,24H,4-5,12,14H2,1-3H3. The molecular formula is C22H27FN2O2. The summed E-state index contributed by atoms with van der Waals surface area (Å²) in [4.78, 5) is 14.6. The van der Waals surface area contributed by atoms with Gasteiger partial charge in [0.2, 0.25) is 0 Å². The molecule has 2 aromatic rings. The zero-order chi connectivity index (χ0) is 19.4. The highest BCUT2D eigenvalue weighted by Crippen LogP contribution is 2.22. The minimum absolute atomic E-state index is 0.141. The summed E-state index contributed by atoms with van der Waals surface area (Å²) in [5.74, 6) is -0.000182. The van der Waals surface area contributed by atoms with Gasteiger partial charge in [-0.25, -0.2) is 4.39 Å². The number of carbonyl (C=O) groups excluding carboxylic acids is 1.